The summed E-state index contributed by atoms with van der Waals surface area (Å²) in [5.41, 5.74) is 4.54. The molecule has 8 aromatic rings. The van der Waals surface area contributed by atoms with Gasteiger partial charge in [0.1, 0.15) is 0 Å². The molecular weight excluding hydrogens is 559 g/mol. The average Bonchev–Trinajstić information content (AvgIpc) is 3.76. The standard InChI is InChI=1S/2C16H11N2.2ClH.Ti/c2*1-2-6-13-10-15(9-12(13)5-1)18-16-8-4-3-7-14(16)11-17-18;;;/h2*1-11H;2*1H;/q2*-1;;;+2/p-2. The van der Waals surface area contributed by atoms with Gasteiger partial charge in [0.15, 0.2) is 0 Å². The predicted octanol–water partition coefficient (Wildman–Crippen LogP) is 9.17. The van der Waals surface area contributed by atoms with Gasteiger partial charge >= 0.3 is 35.6 Å². The van der Waals surface area contributed by atoms with Crippen LogP contribution in [0, 0.1) is 0 Å². The van der Waals surface area contributed by atoms with Crippen LogP contribution in [0.25, 0.3) is 54.7 Å². The molecule has 0 bridgehead atoms. The van der Waals surface area contributed by atoms with E-state index >= 15 is 0 Å². The first-order valence-corrected chi connectivity index (χ1v) is 16.7. The van der Waals surface area contributed by atoms with Gasteiger partial charge in [-0.3, -0.25) is 9.36 Å². The molecule has 190 valence electrons. The molecule has 0 aliphatic rings. The van der Waals surface area contributed by atoms with Gasteiger partial charge in [-0.1, -0.05) is 48.5 Å². The van der Waals surface area contributed by atoms with Crippen molar-refractivity contribution in [3.8, 4) is 11.4 Å². The first kappa shape index (κ1) is 25.6. The molecule has 2 aromatic heterocycles. The van der Waals surface area contributed by atoms with Crippen LogP contribution in [-0.4, -0.2) is 19.6 Å². The Morgan fingerprint density at radius 1 is 0.513 bits per heavy atom. The SMILES string of the molecule is [Cl][Ti][Cl].c1ccc2[cH-]c(-n3ncc4ccccc43)cc2c1.c1ccc2[cH-]c(-n3ncc4ccccc43)cc2c1. The summed E-state index contributed by atoms with van der Waals surface area (Å²) in [7, 11) is 9.78. The molecule has 39 heavy (non-hydrogen) atoms. The Bertz CT molecular complexity index is 1790. The van der Waals surface area contributed by atoms with E-state index in [0.717, 1.165) is 22.4 Å². The Balaban J connectivity index is 0.000000129. The third-order valence-corrected chi connectivity index (χ3v) is 6.65. The quantitative estimate of drug-likeness (QED) is 0.151. The largest absolute Gasteiger partial charge is 0.252 e. The van der Waals surface area contributed by atoms with Crippen LogP contribution in [-0.2, 0) is 17.0 Å². The molecule has 0 radical (unpaired) electrons. The molecule has 0 fully saturated rings. The third-order valence-electron chi connectivity index (χ3n) is 6.65. The van der Waals surface area contributed by atoms with E-state index in [1.807, 2.05) is 46.0 Å². The molecule has 8 rings (SSSR count). The first-order valence-electron chi connectivity index (χ1n) is 12.4. The number of nitrogens with zero attached hydrogens (tertiary/aromatic N) is 4. The molecule has 0 N–H and O–H groups in total. The maximum atomic E-state index is 4.89. The minimum Gasteiger partial charge on any atom is -0.252 e. The van der Waals surface area contributed by atoms with Crippen molar-refractivity contribution in [3.05, 3.63) is 134 Å². The van der Waals surface area contributed by atoms with Crippen LogP contribution in [0.2, 0.25) is 0 Å². The minimum absolute atomic E-state index is 0.556. The van der Waals surface area contributed by atoms with E-state index < -0.39 is 17.0 Å². The van der Waals surface area contributed by atoms with E-state index in [0.29, 0.717) is 0 Å². The molecule has 0 unspecified atom stereocenters. The molecule has 0 saturated heterocycles. The van der Waals surface area contributed by atoms with E-state index in [-0.39, 0.29) is 0 Å². The second-order valence-electron chi connectivity index (χ2n) is 8.99. The van der Waals surface area contributed by atoms with Crippen LogP contribution in [0.5, 0.6) is 0 Å². The Labute approximate surface area is 242 Å². The Kier molecular flexibility index (Phi) is 7.62. The summed E-state index contributed by atoms with van der Waals surface area (Å²) in [6, 6.07) is 42.0. The molecule has 7 heteroatoms. The molecular formula is C32H22Cl2N4Ti-2. The zero-order chi connectivity index (χ0) is 26.6. The molecule has 0 atom stereocenters. The van der Waals surface area contributed by atoms with Gasteiger partial charge in [-0.05, 0) is 23.5 Å². The van der Waals surface area contributed by atoms with E-state index in [1.165, 1.54) is 32.3 Å². The number of benzene rings is 4. The number of aromatic nitrogens is 4. The normalized spacial score (nSPS) is 10.8. The average molecular weight is 581 g/mol. The Morgan fingerprint density at radius 3 is 1.28 bits per heavy atom. The number of rotatable bonds is 2. The summed E-state index contributed by atoms with van der Waals surface area (Å²) in [6.45, 7) is 0. The third kappa shape index (κ3) is 5.30. The predicted molar refractivity (Wildman–Crippen MR) is 160 cm³/mol. The van der Waals surface area contributed by atoms with E-state index in [4.69, 9.17) is 18.6 Å². The van der Waals surface area contributed by atoms with Crippen molar-refractivity contribution in [2.45, 2.75) is 0 Å². The fourth-order valence-corrected chi connectivity index (χ4v) is 4.87. The van der Waals surface area contributed by atoms with Gasteiger partial charge in [0, 0.05) is 10.8 Å². The summed E-state index contributed by atoms with van der Waals surface area (Å²) in [4.78, 5) is 0. The Hall–Kier alpha value is -3.67. The molecule has 0 aliphatic carbocycles. The molecule has 0 saturated carbocycles. The van der Waals surface area contributed by atoms with Gasteiger partial charge in [0.25, 0.3) is 0 Å². The number of para-hydroxylation sites is 2. The van der Waals surface area contributed by atoms with Crippen LogP contribution in [0.1, 0.15) is 0 Å². The van der Waals surface area contributed by atoms with Crippen LogP contribution in [0.15, 0.2) is 134 Å². The fourth-order valence-electron chi connectivity index (χ4n) is 4.87. The van der Waals surface area contributed by atoms with Crippen molar-refractivity contribution >= 4 is 62.0 Å². The van der Waals surface area contributed by atoms with E-state index in [1.54, 1.807) is 0 Å². The number of halogens is 2. The van der Waals surface area contributed by atoms with Crippen molar-refractivity contribution in [3.63, 3.8) is 0 Å². The summed E-state index contributed by atoms with van der Waals surface area (Å²) < 4.78 is 3.99. The van der Waals surface area contributed by atoms with Gasteiger partial charge in [0.05, 0.1) is 23.4 Å². The summed E-state index contributed by atoms with van der Waals surface area (Å²) in [6.07, 6.45) is 3.82. The number of hydrogen-bond acceptors (Lipinski definition) is 2. The van der Waals surface area contributed by atoms with Gasteiger partial charge in [-0.15, -0.1) is 82.2 Å². The fraction of sp³-hybridized carbons (Fsp3) is 0. The molecule has 0 spiro atoms. The molecule has 4 nitrogen and oxygen atoms in total. The van der Waals surface area contributed by atoms with E-state index in [2.05, 4.69) is 107 Å². The van der Waals surface area contributed by atoms with Crippen molar-refractivity contribution in [1.29, 1.82) is 0 Å². The van der Waals surface area contributed by atoms with Crippen molar-refractivity contribution < 1.29 is 17.0 Å². The topological polar surface area (TPSA) is 35.6 Å². The van der Waals surface area contributed by atoms with Crippen LogP contribution in [0.4, 0.5) is 0 Å². The first-order chi connectivity index (χ1) is 19.2. The maximum absolute atomic E-state index is 4.89. The maximum Gasteiger partial charge on any atom is 0.0721 e. The summed E-state index contributed by atoms with van der Waals surface area (Å²) in [5, 5.41) is 16.3. The van der Waals surface area contributed by atoms with Crippen molar-refractivity contribution in [1.82, 2.24) is 19.6 Å². The summed E-state index contributed by atoms with van der Waals surface area (Å²) in [5.74, 6) is 0. The van der Waals surface area contributed by atoms with Crippen LogP contribution >= 0.6 is 18.6 Å². The molecule has 6 aromatic carbocycles. The Morgan fingerprint density at radius 2 is 0.872 bits per heavy atom. The molecule has 0 aliphatic heterocycles. The van der Waals surface area contributed by atoms with Crippen molar-refractivity contribution in [2.24, 2.45) is 0 Å². The van der Waals surface area contributed by atoms with Crippen LogP contribution < -0.4 is 0 Å². The van der Waals surface area contributed by atoms with Crippen LogP contribution in [0.3, 0.4) is 0 Å². The van der Waals surface area contributed by atoms with Gasteiger partial charge < -0.3 is 0 Å². The van der Waals surface area contributed by atoms with Crippen molar-refractivity contribution in [2.75, 3.05) is 0 Å². The smallest absolute Gasteiger partial charge is 0.0721 e. The molecule has 2 heterocycles. The second-order valence-corrected chi connectivity index (χ2v) is 11.6. The number of fused-ring (bicyclic) bond motifs is 4. The van der Waals surface area contributed by atoms with E-state index in [9.17, 15) is 0 Å². The minimum atomic E-state index is -0.556. The zero-order valence-corrected chi connectivity index (χ0v) is 23.8. The monoisotopic (exact) mass is 580 g/mol. The molecule has 0 amide bonds. The van der Waals surface area contributed by atoms with Gasteiger partial charge in [-0.25, -0.2) is 0 Å². The summed E-state index contributed by atoms with van der Waals surface area (Å²) >= 11 is -0.556. The van der Waals surface area contributed by atoms with Gasteiger partial charge in [0.2, 0.25) is 0 Å². The number of hydrogen-bond donors (Lipinski definition) is 0. The zero-order valence-electron chi connectivity index (χ0n) is 20.7. The van der Waals surface area contributed by atoms with Gasteiger partial charge in [-0.2, -0.15) is 10.2 Å². The second kappa shape index (κ2) is 11.6.